The number of rotatable bonds is 7. The van der Waals surface area contributed by atoms with Crippen LogP contribution in [0.4, 0.5) is 0 Å². The van der Waals surface area contributed by atoms with Gasteiger partial charge < -0.3 is 5.32 Å². The summed E-state index contributed by atoms with van der Waals surface area (Å²) in [5.74, 6) is 0.601. The maximum Gasteiger partial charge on any atom is 0.240 e. The fraction of sp³-hybridized carbons (Fsp3) is 0.421. The van der Waals surface area contributed by atoms with Gasteiger partial charge >= 0.3 is 0 Å². The first kappa shape index (κ1) is 20.6. The van der Waals surface area contributed by atoms with Crippen LogP contribution in [0, 0.1) is 5.41 Å². The van der Waals surface area contributed by atoms with E-state index in [9.17, 15) is 14.4 Å². The van der Waals surface area contributed by atoms with Gasteiger partial charge in [-0.3, -0.25) is 19.3 Å². The summed E-state index contributed by atoms with van der Waals surface area (Å²) < 4.78 is 0. The topological polar surface area (TPSA) is 66.5 Å². The van der Waals surface area contributed by atoms with Gasteiger partial charge in [0.1, 0.15) is 6.54 Å². The van der Waals surface area contributed by atoms with Gasteiger partial charge in [0, 0.05) is 28.7 Å². The second kappa shape index (κ2) is 9.28. The van der Waals surface area contributed by atoms with E-state index in [4.69, 9.17) is 0 Å². The third-order valence-corrected chi connectivity index (χ3v) is 5.68. The number of nitrogens with zero attached hydrogens (tertiary/aromatic N) is 1. The van der Waals surface area contributed by atoms with E-state index in [0.717, 1.165) is 10.6 Å². The predicted molar refractivity (Wildman–Crippen MR) is 107 cm³/mol. The average Bonchev–Trinajstić information content (AvgIpc) is 2.92. The summed E-state index contributed by atoms with van der Waals surface area (Å²) in [5, 5.41) is 3.39. The number of carbonyl (C=O) groups is 3. The van der Waals surface area contributed by atoms with Crippen molar-refractivity contribution in [3.63, 3.8) is 0 Å². The van der Waals surface area contributed by atoms with Gasteiger partial charge in [-0.15, -0.1) is 11.8 Å². The standard InChI is InChI=1S/C19H24N2O3S2/c1-19(2,3)15(22)11-18-21(17(24)13-26-18)12-16(23)20-9-10-25-14-7-5-4-6-8-14/h4-8,11H,9-10,12-13H2,1-3H3,(H,20,23)/b18-11-. The molecule has 7 heteroatoms. The van der Waals surface area contributed by atoms with Crippen molar-refractivity contribution in [1.29, 1.82) is 0 Å². The van der Waals surface area contributed by atoms with Crippen LogP contribution in [0.2, 0.25) is 0 Å². The lowest BCUT2D eigenvalue weighted by Crippen LogP contribution is -2.38. The number of benzene rings is 1. The minimum Gasteiger partial charge on any atom is -0.354 e. The van der Waals surface area contributed by atoms with Crippen LogP contribution in [-0.4, -0.2) is 47.1 Å². The maximum atomic E-state index is 12.2. The molecule has 1 N–H and O–H groups in total. The number of ketones is 1. The SMILES string of the molecule is CC(C)(C)C(=O)/C=C1\SCC(=O)N1CC(=O)NCCSc1ccccc1. The molecule has 0 aromatic heterocycles. The fourth-order valence-electron chi connectivity index (χ4n) is 2.10. The molecule has 1 saturated heterocycles. The minimum absolute atomic E-state index is 0.0505. The molecule has 1 heterocycles. The van der Waals surface area contributed by atoms with Gasteiger partial charge in [-0.1, -0.05) is 50.7 Å². The summed E-state index contributed by atoms with van der Waals surface area (Å²) in [6.07, 6.45) is 1.48. The molecule has 0 unspecified atom stereocenters. The van der Waals surface area contributed by atoms with Gasteiger partial charge in [0.15, 0.2) is 5.78 Å². The fourth-order valence-corrected chi connectivity index (χ4v) is 3.83. The monoisotopic (exact) mass is 392 g/mol. The highest BCUT2D eigenvalue weighted by Crippen LogP contribution is 2.30. The summed E-state index contributed by atoms with van der Waals surface area (Å²) >= 11 is 2.97. The van der Waals surface area contributed by atoms with Crippen molar-refractivity contribution in [3.05, 3.63) is 41.4 Å². The zero-order chi connectivity index (χ0) is 19.2. The van der Waals surface area contributed by atoms with E-state index in [1.54, 1.807) is 11.8 Å². The van der Waals surface area contributed by atoms with Crippen LogP contribution in [0.15, 0.2) is 46.3 Å². The first-order valence-corrected chi connectivity index (χ1v) is 10.4. The first-order chi connectivity index (χ1) is 12.3. The van der Waals surface area contributed by atoms with Crippen LogP contribution in [-0.2, 0) is 14.4 Å². The molecule has 0 bridgehead atoms. The lowest BCUT2D eigenvalue weighted by molar-refractivity contribution is -0.131. The molecule has 1 aliphatic heterocycles. The highest BCUT2D eigenvalue weighted by atomic mass is 32.2. The van der Waals surface area contributed by atoms with Crippen LogP contribution in [0.5, 0.6) is 0 Å². The van der Waals surface area contributed by atoms with E-state index in [1.807, 2.05) is 51.1 Å². The molecule has 26 heavy (non-hydrogen) atoms. The largest absolute Gasteiger partial charge is 0.354 e. The predicted octanol–water partition coefficient (Wildman–Crippen LogP) is 2.93. The zero-order valence-corrected chi connectivity index (χ0v) is 16.9. The summed E-state index contributed by atoms with van der Waals surface area (Å²) in [7, 11) is 0. The number of hydrogen-bond acceptors (Lipinski definition) is 5. The molecule has 0 aliphatic carbocycles. The molecule has 1 fully saturated rings. The van der Waals surface area contributed by atoms with Crippen molar-refractivity contribution in [2.75, 3.05) is 24.6 Å². The van der Waals surface area contributed by atoms with Crippen molar-refractivity contribution >= 4 is 41.1 Å². The van der Waals surface area contributed by atoms with Crippen LogP contribution in [0.1, 0.15) is 20.8 Å². The maximum absolute atomic E-state index is 12.2. The summed E-state index contributed by atoms with van der Waals surface area (Å²) in [5.41, 5.74) is -0.512. The molecule has 0 radical (unpaired) electrons. The molecule has 1 aromatic carbocycles. The van der Waals surface area contributed by atoms with E-state index >= 15 is 0 Å². The van der Waals surface area contributed by atoms with E-state index in [1.165, 1.54) is 22.7 Å². The van der Waals surface area contributed by atoms with Crippen LogP contribution in [0.3, 0.4) is 0 Å². The Hall–Kier alpha value is -1.73. The van der Waals surface area contributed by atoms with Crippen molar-refractivity contribution in [1.82, 2.24) is 10.2 Å². The van der Waals surface area contributed by atoms with Gasteiger partial charge in [0.2, 0.25) is 11.8 Å². The van der Waals surface area contributed by atoms with E-state index in [-0.39, 0.29) is 29.9 Å². The molecular formula is C19H24N2O3S2. The van der Waals surface area contributed by atoms with Crippen molar-refractivity contribution in [3.8, 4) is 0 Å². The van der Waals surface area contributed by atoms with Crippen molar-refractivity contribution in [2.24, 2.45) is 5.41 Å². The third-order valence-electron chi connectivity index (χ3n) is 3.64. The van der Waals surface area contributed by atoms with Gasteiger partial charge in [-0.05, 0) is 12.1 Å². The second-order valence-corrected chi connectivity index (χ2v) is 9.04. The molecule has 0 saturated carbocycles. The van der Waals surface area contributed by atoms with Gasteiger partial charge in [0.05, 0.1) is 10.8 Å². The highest BCUT2D eigenvalue weighted by molar-refractivity contribution is 8.04. The average molecular weight is 393 g/mol. The molecular weight excluding hydrogens is 368 g/mol. The molecule has 1 aromatic rings. The molecule has 2 rings (SSSR count). The molecule has 0 spiro atoms. The van der Waals surface area contributed by atoms with E-state index < -0.39 is 5.41 Å². The highest BCUT2D eigenvalue weighted by Gasteiger charge is 2.30. The summed E-state index contributed by atoms with van der Waals surface area (Å²) in [6, 6.07) is 9.97. The molecule has 2 amide bonds. The summed E-state index contributed by atoms with van der Waals surface area (Å²) in [4.78, 5) is 38.9. The zero-order valence-electron chi connectivity index (χ0n) is 15.3. The molecule has 0 atom stereocenters. The Morgan fingerprint density at radius 3 is 2.62 bits per heavy atom. The van der Waals surface area contributed by atoms with Crippen molar-refractivity contribution < 1.29 is 14.4 Å². The van der Waals surface area contributed by atoms with Gasteiger partial charge in [-0.25, -0.2) is 0 Å². The summed E-state index contributed by atoms with van der Waals surface area (Å²) in [6.45, 7) is 5.96. The molecule has 5 nitrogen and oxygen atoms in total. The Labute approximate surface area is 163 Å². The number of amides is 2. The molecule has 140 valence electrons. The van der Waals surface area contributed by atoms with Crippen LogP contribution in [0.25, 0.3) is 0 Å². The normalized spacial score (nSPS) is 16.2. The Balaban J connectivity index is 1.83. The van der Waals surface area contributed by atoms with Gasteiger partial charge in [0.25, 0.3) is 0 Å². The smallest absolute Gasteiger partial charge is 0.240 e. The second-order valence-electron chi connectivity index (χ2n) is 6.88. The van der Waals surface area contributed by atoms with E-state index in [0.29, 0.717) is 11.6 Å². The lowest BCUT2D eigenvalue weighted by Gasteiger charge is -2.19. The number of carbonyl (C=O) groups excluding carboxylic acids is 3. The Morgan fingerprint density at radius 2 is 1.96 bits per heavy atom. The Kier molecular flexibility index (Phi) is 7.34. The Morgan fingerprint density at radius 1 is 1.27 bits per heavy atom. The quantitative estimate of drug-likeness (QED) is 0.439. The number of thioether (sulfide) groups is 2. The number of hydrogen-bond donors (Lipinski definition) is 1. The Bertz CT molecular complexity index is 696. The number of nitrogens with one attached hydrogen (secondary N) is 1. The lowest BCUT2D eigenvalue weighted by atomic mass is 9.91. The van der Waals surface area contributed by atoms with Crippen molar-refractivity contribution in [2.45, 2.75) is 25.7 Å². The molecule has 1 aliphatic rings. The van der Waals surface area contributed by atoms with Gasteiger partial charge in [-0.2, -0.15) is 0 Å². The van der Waals surface area contributed by atoms with Crippen LogP contribution < -0.4 is 5.32 Å². The minimum atomic E-state index is -0.512. The van der Waals surface area contributed by atoms with E-state index in [2.05, 4.69) is 5.32 Å². The number of allylic oxidation sites excluding steroid dienone is 1. The third kappa shape index (κ3) is 6.21. The first-order valence-electron chi connectivity index (χ1n) is 8.41. The van der Waals surface area contributed by atoms with Crippen LogP contribution >= 0.6 is 23.5 Å².